The molecule has 0 saturated heterocycles. The molecule has 0 rings (SSSR count). The Balaban J connectivity index is 5.30. The van der Waals surface area contributed by atoms with Crippen LogP contribution in [0.2, 0.25) is 0 Å². The van der Waals surface area contributed by atoms with Gasteiger partial charge in [-0.15, -0.1) is 0 Å². The van der Waals surface area contributed by atoms with Crippen LogP contribution in [0, 0.1) is 0 Å². The fourth-order valence-corrected chi connectivity index (χ4v) is 2.08. The van der Waals surface area contributed by atoms with E-state index in [-0.39, 0.29) is 5.57 Å². The molecule has 0 aromatic carbocycles. The van der Waals surface area contributed by atoms with E-state index in [0.29, 0.717) is 0 Å². The normalized spacial score (nSPS) is 14.9. The molecule has 0 saturated carbocycles. The third-order valence-corrected chi connectivity index (χ3v) is 3.14. The quantitative estimate of drug-likeness (QED) is 0.563. The molecule has 2 N–H and O–H groups in total. The maximum absolute atomic E-state index is 10.9. The second-order valence-corrected chi connectivity index (χ2v) is 5.76. The van der Waals surface area contributed by atoms with Crippen molar-refractivity contribution < 1.29 is 25.9 Å². The molecule has 6 nitrogen and oxygen atoms in total. The van der Waals surface area contributed by atoms with Crippen LogP contribution in [-0.2, 0) is 20.2 Å². The van der Waals surface area contributed by atoms with Crippen molar-refractivity contribution in [2.75, 3.05) is 5.75 Å². The van der Waals surface area contributed by atoms with Crippen LogP contribution in [0.4, 0.5) is 0 Å². The summed E-state index contributed by atoms with van der Waals surface area (Å²) < 4.78 is 59.9. The van der Waals surface area contributed by atoms with Gasteiger partial charge in [-0.25, -0.2) is 0 Å². The van der Waals surface area contributed by atoms with E-state index in [4.69, 9.17) is 9.11 Å². The van der Waals surface area contributed by atoms with Crippen LogP contribution in [0.1, 0.15) is 6.92 Å². The van der Waals surface area contributed by atoms with Gasteiger partial charge in [-0.1, -0.05) is 18.7 Å². The summed E-state index contributed by atoms with van der Waals surface area (Å²) in [5.41, 5.74) is 0.0000231. The average Bonchev–Trinajstić information content (AvgIpc) is 2.07. The Morgan fingerprint density at radius 3 is 2.06 bits per heavy atom. The summed E-state index contributed by atoms with van der Waals surface area (Å²) in [7, 11) is -8.67. The monoisotopic (exact) mass is 268 g/mol. The highest BCUT2D eigenvalue weighted by atomic mass is 32.2. The van der Waals surface area contributed by atoms with E-state index >= 15 is 0 Å². The minimum Gasteiger partial charge on any atom is -0.285 e. The van der Waals surface area contributed by atoms with Crippen LogP contribution in [0.15, 0.2) is 35.3 Å². The SMILES string of the molecule is C=C/C=C(\C(C)=C/CS(=O)(=O)O)S(=O)(=O)O. The van der Waals surface area contributed by atoms with E-state index < -0.39 is 30.9 Å². The molecule has 0 aromatic heterocycles. The van der Waals surface area contributed by atoms with Gasteiger partial charge in [-0.05, 0) is 18.6 Å². The van der Waals surface area contributed by atoms with Crippen molar-refractivity contribution in [3.63, 3.8) is 0 Å². The first-order valence-electron chi connectivity index (χ1n) is 4.00. The highest BCUT2D eigenvalue weighted by molar-refractivity contribution is 7.90. The maximum atomic E-state index is 10.9. The first-order valence-corrected chi connectivity index (χ1v) is 7.05. The summed E-state index contributed by atoms with van der Waals surface area (Å²) in [5, 5.41) is 0. The molecule has 92 valence electrons. The molecule has 16 heavy (non-hydrogen) atoms. The fraction of sp³-hybridized carbons (Fsp3) is 0.250. The lowest BCUT2D eigenvalue weighted by atomic mass is 10.2. The molecule has 0 radical (unpaired) electrons. The van der Waals surface area contributed by atoms with Crippen LogP contribution in [0.5, 0.6) is 0 Å². The largest absolute Gasteiger partial charge is 0.294 e. The van der Waals surface area contributed by atoms with Gasteiger partial charge in [0, 0.05) is 0 Å². The van der Waals surface area contributed by atoms with Gasteiger partial charge in [0.1, 0.15) is 0 Å². The lowest BCUT2D eigenvalue weighted by Crippen LogP contribution is -2.06. The highest BCUT2D eigenvalue weighted by Gasteiger charge is 2.15. The smallest absolute Gasteiger partial charge is 0.285 e. The Hall–Kier alpha value is -0.960. The van der Waals surface area contributed by atoms with E-state index in [1.807, 2.05) is 0 Å². The van der Waals surface area contributed by atoms with Gasteiger partial charge in [-0.2, -0.15) is 16.8 Å². The van der Waals surface area contributed by atoms with Crippen molar-refractivity contribution in [3.8, 4) is 0 Å². The standard InChI is InChI=1S/C8H12O6S2/c1-3-4-8(16(12,13)14)7(2)5-6-15(9,10)11/h3-5H,1,6H2,2H3,(H,9,10,11)(H,12,13,14)/b7-5-,8-4+. The molecule has 0 unspecified atom stereocenters. The molecule has 0 atom stereocenters. The van der Waals surface area contributed by atoms with Gasteiger partial charge in [-0.3, -0.25) is 9.11 Å². The van der Waals surface area contributed by atoms with E-state index in [0.717, 1.165) is 18.2 Å². The summed E-state index contributed by atoms with van der Waals surface area (Å²) >= 11 is 0. The first kappa shape index (κ1) is 15.0. The molecule has 0 aliphatic carbocycles. The second-order valence-electron chi connectivity index (χ2n) is 2.88. The lowest BCUT2D eigenvalue weighted by molar-refractivity contribution is 0.485. The Morgan fingerprint density at radius 2 is 1.75 bits per heavy atom. The zero-order valence-corrected chi connectivity index (χ0v) is 10.1. The van der Waals surface area contributed by atoms with E-state index in [2.05, 4.69) is 6.58 Å². The van der Waals surface area contributed by atoms with Crippen LogP contribution in [0.3, 0.4) is 0 Å². The van der Waals surface area contributed by atoms with E-state index in [1.54, 1.807) is 0 Å². The minimum absolute atomic E-state index is 0.0000231. The third-order valence-electron chi connectivity index (χ3n) is 1.54. The molecule has 0 amide bonds. The molecule has 0 aromatic rings. The first-order chi connectivity index (χ1) is 7.08. The number of hydrogen-bond acceptors (Lipinski definition) is 4. The van der Waals surface area contributed by atoms with Gasteiger partial charge in [0.2, 0.25) is 0 Å². The van der Waals surface area contributed by atoms with Crippen LogP contribution in [0.25, 0.3) is 0 Å². The summed E-state index contributed by atoms with van der Waals surface area (Å²) in [4.78, 5) is -0.467. The molecule has 0 aliphatic heterocycles. The summed E-state index contributed by atoms with van der Waals surface area (Å²) in [6.45, 7) is 4.54. The average molecular weight is 268 g/mol. The van der Waals surface area contributed by atoms with Crippen molar-refractivity contribution in [2.24, 2.45) is 0 Å². The molecule has 8 heteroatoms. The van der Waals surface area contributed by atoms with Crippen LogP contribution in [-0.4, -0.2) is 31.7 Å². The predicted molar refractivity (Wildman–Crippen MR) is 60.0 cm³/mol. The van der Waals surface area contributed by atoms with Gasteiger partial charge in [0.15, 0.2) is 0 Å². The predicted octanol–water partition coefficient (Wildman–Crippen LogP) is 0.778. The van der Waals surface area contributed by atoms with Gasteiger partial charge in [0.25, 0.3) is 20.2 Å². The zero-order chi connectivity index (χ0) is 13.0. The van der Waals surface area contributed by atoms with E-state index in [1.165, 1.54) is 6.92 Å². The number of rotatable bonds is 5. The van der Waals surface area contributed by atoms with Crippen molar-refractivity contribution in [1.29, 1.82) is 0 Å². The van der Waals surface area contributed by atoms with Crippen LogP contribution >= 0.6 is 0 Å². The Kier molecular flexibility index (Phi) is 5.07. The maximum Gasteiger partial charge on any atom is 0.294 e. The van der Waals surface area contributed by atoms with Crippen molar-refractivity contribution in [2.45, 2.75) is 6.92 Å². The fourth-order valence-electron chi connectivity index (χ4n) is 0.859. The second kappa shape index (κ2) is 5.39. The zero-order valence-electron chi connectivity index (χ0n) is 8.49. The number of allylic oxidation sites excluding steroid dienone is 3. The Bertz CT molecular complexity index is 521. The van der Waals surface area contributed by atoms with Crippen molar-refractivity contribution in [1.82, 2.24) is 0 Å². The molecule has 0 fully saturated rings. The van der Waals surface area contributed by atoms with Gasteiger partial charge < -0.3 is 0 Å². The topological polar surface area (TPSA) is 109 Å². The Labute approximate surface area is 94.5 Å². The third kappa shape index (κ3) is 5.81. The minimum atomic E-state index is -4.45. The van der Waals surface area contributed by atoms with E-state index in [9.17, 15) is 16.8 Å². The summed E-state index contributed by atoms with van der Waals surface area (Å²) in [5.74, 6) is -0.733. The molecular weight excluding hydrogens is 256 g/mol. The van der Waals surface area contributed by atoms with Gasteiger partial charge in [0.05, 0.1) is 10.7 Å². The molecule has 0 spiro atoms. The summed E-state index contributed by atoms with van der Waals surface area (Å²) in [6, 6.07) is 0. The summed E-state index contributed by atoms with van der Waals surface area (Å²) in [6.07, 6.45) is 3.12. The van der Waals surface area contributed by atoms with Crippen LogP contribution < -0.4 is 0 Å². The molecule has 0 heterocycles. The molecule has 0 bridgehead atoms. The van der Waals surface area contributed by atoms with Crippen molar-refractivity contribution in [3.05, 3.63) is 35.3 Å². The number of hydrogen-bond donors (Lipinski definition) is 2. The highest BCUT2D eigenvalue weighted by Crippen LogP contribution is 2.15. The lowest BCUT2D eigenvalue weighted by Gasteiger charge is -2.03. The molecular formula is C8H12O6S2. The Morgan fingerprint density at radius 1 is 1.25 bits per heavy atom. The van der Waals surface area contributed by atoms with Crippen molar-refractivity contribution >= 4 is 20.2 Å². The van der Waals surface area contributed by atoms with Gasteiger partial charge >= 0.3 is 0 Å². The molecule has 0 aliphatic rings.